The van der Waals surface area contributed by atoms with E-state index in [2.05, 4.69) is 0 Å². The average molecular weight is 188 g/mol. The SMILES string of the molecule is CCC(F)P[PH3]C(F)CC. The molecule has 0 nitrogen and oxygen atoms in total. The van der Waals surface area contributed by atoms with Crippen molar-refractivity contribution in [2.45, 2.75) is 38.5 Å². The third-order valence-corrected chi connectivity index (χ3v) is 6.83. The summed E-state index contributed by atoms with van der Waals surface area (Å²) in [7, 11) is -0.446. The van der Waals surface area contributed by atoms with Crippen molar-refractivity contribution in [3.63, 3.8) is 0 Å². The van der Waals surface area contributed by atoms with E-state index in [0.29, 0.717) is 21.1 Å². The van der Waals surface area contributed by atoms with E-state index in [0.717, 1.165) is 0 Å². The Kier molecular flexibility index (Phi) is 6.89. The Morgan fingerprint density at radius 2 is 1.90 bits per heavy atom. The van der Waals surface area contributed by atoms with Crippen LogP contribution >= 0.6 is 16.5 Å². The fourth-order valence-corrected chi connectivity index (χ4v) is 4.90. The summed E-state index contributed by atoms with van der Waals surface area (Å²) in [5, 5.41) is 0. The van der Waals surface area contributed by atoms with Crippen molar-refractivity contribution in [2.24, 2.45) is 0 Å². The molecular weight excluding hydrogens is 172 g/mol. The van der Waals surface area contributed by atoms with Crippen molar-refractivity contribution in [2.75, 3.05) is 0 Å². The monoisotopic (exact) mass is 188 g/mol. The molecule has 0 saturated carbocycles. The molecule has 0 N–H and O–H groups in total. The molecule has 0 spiro atoms. The molecule has 10 heavy (non-hydrogen) atoms. The fourth-order valence-electron chi connectivity index (χ4n) is 0.544. The first-order chi connectivity index (χ1) is 4.70. The van der Waals surface area contributed by atoms with Crippen LogP contribution in [0.1, 0.15) is 26.7 Å². The summed E-state index contributed by atoms with van der Waals surface area (Å²) in [6.45, 7) is 3.63. The van der Waals surface area contributed by atoms with E-state index in [9.17, 15) is 8.78 Å². The van der Waals surface area contributed by atoms with E-state index < -0.39 is 20.1 Å². The van der Waals surface area contributed by atoms with Crippen LogP contribution in [0.2, 0.25) is 0 Å². The number of hydrogen-bond acceptors (Lipinski definition) is 0. The summed E-state index contributed by atoms with van der Waals surface area (Å²) in [5.74, 6) is -1.36. The van der Waals surface area contributed by atoms with Crippen LogP contribution in [0, 0.1) is 0 Å². The fraction of sp³-hybridized carbons (Fsp3) is 1.00. The number of hydrogen-bond donors (Lipinski definition) is 0. The van der Waals surface area contributed by atoms with Crippen LogP contribution in [-0.4, -0.2) is 11.8 Å². The van der Waals surface area contributed by atoms with Gasteiger partial charge < -0.3 is 0 Å². The van der Waals surface area contributed by atoms with Crippen LogP contribution in [0.15, 0.2) is 0 Å². The van der Waals surface area contributed by atoms with Gasteiger partial charge in [0.05, 0.1) is 0 Å². The van der Waals surface area contributed by atoms with Crippen LogP contribution in [0.3, 0.4) is 0 Å². The first-order valence-corrected chi connectivity index (χ1v) is 7.94. The molecule has 3 unspecified atom stereocenters. The van der Waals surface area contributed by atoms with Gasteiger partial charge in [-0.1, -0.05) is 0 Å². The molecule has 0 rings (SSSR count). The molecule has 0 bridgehead atoms. The van der Waals surface area contributed by atoms with Gasteiger partial charge in [0.2, 0.25) is 0 Å². The standard InChI is InChI=1S/C6H16F2P2/c1-3-5(7)9-10-6(8)4-2/h5-6,9H,3-4H2,1-2,10H3. The number of rotatable bonds is 5. The maximum absolute atomic E-state index is 12.5. The second-order valence-electron chi connectivity index (χ2n) is 2.29. The molecule has 0 amide bonds. The van der Waals surface area contributed by atoms with Gasteiger partial charge in [-0.3, -0.25) is 0 Å². The Labute approximate surface area is 64.6 Å². The van der Waals surface area contributed by atoms with Gasteiger partial charge in [-0.25, -0.2) is 0 Å². The van der Waals surface area contributed by atoms with E-state index >= 15 is 0 Å². The van der Waals surface area contributed by atoms with Gasteiger partial charge in [-0.2, -0.15) is 0 Å². The normalized spacial score (nSPS) is 18.4. The molecule has 0 aliphatic carbocycles. The minimum absolute atomic E-state index is 0.290. The second kappa shape index (κ2) is 6.43. The Morgan fingerprint density at radius 1 is 1.30 bits per heavy atom. The predicted molar refractivity (Wildman–Crippen MR) is 49.8 cm³/mol. The predicted octanol–water partition coefficient (Wildman–Crippen LogP) is 3.13. The molecule has 0 aromatic heterocycles. The van der Waals surface area contributed by atoms with Crippen molar-refractivity contribution in [3.05, 3.63) is 0 Å². The van der Waals surface area contributed by atoms with Crippen LogP contribution in [0.25, 0.3) is 0 Å². The molecule has 0 aliphatic rings. The zero-order valence-corrected chi connectivity index (χ0v) is 8.95. The van der Waals surface area contributed by atoms with E-state index in [1.54, 1.807) is 0 Å². The van der Waals surface area contributed by atoms with Crippen molar-refractivity contribution in [1.82, 2.24) is 0 Å². The first kappa shape index (κ1) is 10.7. The van der Waals surface area contributed by atoms with E-state index in [1.165, 1.54) is 0 Å². The molecule has 0 fully saturated rings. The third-order valence-electron chi connectivity index (χ3n) is 1.36. The Balaban J connectivity index is 3.17. The quantitative estimate of drug-likeness (QED) is 0.581. The zero-order chi connectivity index (χ0) is 7.98. The van der Waals surface area contributed by atoms with Gasteiger partial charge in [0.1, 0.15) is 0 Å². The summed E-state index contributed by atoms with van der Waals surface area (Å²) in [4.78, 5) is 0. The van der Waals surface area contributed by atoms with Gasteiger partial charge >= 0.3 is 63.8 Å². The molecule has 3 atom stereocenters. The first-order valence-electron chi connectivity index (χ1n) is 3.72. The van der Waals surface area contributed by atoms with Crippen LogP contribution in [0.4, 0.5) is 8.78 Å². The molecule has 0 aromatic carbocycles. The van der Waals surface area contributed by atoms with Gasteiger partial charge in [0, 0.05) is 0 Å². The van der Waals surface area contributed by atoms with E-state index in [4.69, 9.17) is 0 Å². The molecule has 0 heterocycles. The van der Waals surface area contributed by atoms with E-state index in [1.807, 2.05) is 13.8 Å². The van der Waals surface area contributed by atoms with Gasteiger partial charge in [0.25, 0.3) is 0 Å². The Hall–Kier alpha value is 0.720. The van der Waals surface area contributed by atoms with Crippen molar-refractivity contribution in [3.8, 4) is 0 Å². The summed E-state index contributed by atoms with van der Waals surface area (Å²) >= 11 is 0. The summed E-state index contributed by atoms with van der Waals surface area (Å²) < 4.78 is 25.0. The Bertz CT molecular complexity index is 70.1. The number of alkyl halides is 2. The zero-order valence-electron chi connectivity index (χ0n) is 6.53. The third kappa shape index (κ3) is 5.50. The molecule has 0 radical (unpaired) electrons. The van der Waals surface area contributed by atoms with Crippen molar-refractivity contribution >= 4 is 16.5 Å². The van der Waals surface area contributed by atoms with Crippen molar-refractivity contribution < 1.29 is 8.78 Å². The molecule has 0 saturated heterocycles. The maximum atomic E-state index is 12.5. The number of halogens is 2. The topological polar surface area (TPSA) is 0 Å². The van der Waals surface area contributed by atoms with Crippen LogP contribution < -0.4 is 0 Å². The molecular formula is C6H16F2P2. The van der Waals surface area contributed by atoms with E-state index in [-0.39, 0.29) is 0 Å². The Morgan fingerprint density at radius 3 is 2.30 bits per heavy atom. The average Bonchev–Trinajstić information content (AvgIpc) is 1.99. The van der Waals surface area contributed by atoms with Gasteiger partial charge in [-0.05, 0) is 0 Å². The van der Waals surface area contributed by atoms with Crippen LogP contribution in [0.5, 0.6) is 0 Å². The van der Waals surface area contributed by atoms with Gasteiger partial charge in [0.15, 0.2) is 0 Å². The van der Waals surface area contributed by atoms with Crippen LogP contribution in [-0.2, 0) is 0 Å². The minimum atomic E-state index is -0.737. The second-order valence-corrected chi connectivity index (χ2v) is 7.07. The molecule has 0 aliphatic heterocycles. The molecule has 0 aromatic rings. The summed E-state index contributed by atoms with van der Waals surface area (Å²) in [5.41, 5.74) is 0. The van der Waals surface area contributed by atoms with Gasteiger partial charge in [-0.15, -0.1) is 0 Å². The van der Waals surface area contributed by atoms with Crippen molar-refractivity contribution in [1.29, 1.82) is 0 Å². The molecule has 64 valence electrons. The summed E-state index contributed by atoms with van der Waals surface area (Å²) in [6.07, 6.45) is 1.14. The summed E-state index contributed by atoms with van der Waals surface area (Å²) in [6, 6.07) is 0. The molecule has 4 heteroatoms.